The average molecular weight is 380 g/mol. The zero-order valence-corrected chi connectivity index (χ0v) is 15.9. The largest absolute Gasteiger partial charge is 0.345 e. The predicted octanol–water partition coefficient (Wildman–Crippen LogP) is 3.81. The highest BCUT2D eigenvalue weighted by Gasteiger charge is 2.20. The number of benzene rings is 1. The Morgan fingerprint density at radius 2 is 1.80 bits per heavy atom. The average Bonchev–Trinajstić information content (AvgIpc) is 2.95. The molecule has 0 radical (unpaired) electrons. The Kier molecular flexibility index (Phi) is 4.80. The smallest absolute Gasteiger partial charge is 0.330 e. The van der Waals surface area contributed by atoms with Crippen LogP contribution < -0.4 is 11.2 Å². The summed E-state index contributed by atoms with van der Waals surface area (Å²) in [6.07, 6.45) is 3.82. The van der Waals surface area contributed by atoms with Crippen LogP contribution in [-0.4, -0.2) is 13.7 Å². The van der Waals surface area contributed by atoms with Crippen molar-refractivity contribution in [2.75, 3.05) is 0 Å². The van der Waals surface area contributed by atoms with Gasteiger partial charge in [0, 0.05) is 37.4 Å². The highest BCUT2D eigenvalue weighted by Crippen LogP contribution is 2.35. The fourth-order valence-corrected chi connectivity index (χ4v) is 3.56. The van der Waals surface area contributed by atoms with Crippen LogP contribution in [-0.2, 0) is 20.6 Å². The lowest BCUT2D eigenvalue weighted by Crippen LogP contribution is -2.36. The molecule has 0 spiro atoms. The van der Waals surface area contributed by atoms with Crippen LogP contribution in [0.3, 0.4) is 0 Å². The summed E-state index contributed by atoms with van der Waals surface area (Å²) >= 11 is 12.4. The molecule has 0 N–H and O–H groups in total. The summed E-state index contributed by atoms with van der Waals surface area (Å²) in [5, 5.41) is 1.50. The SMILES string of the molecule is CCCCn1cc2c(c1-c1ccc(Cl)cc1Cl)c(=O)n(C)c(=O)n2C. The van der Waals surface area contributed by atoms with Crippen molar-refractivity contribution in [3.05, 3.63) is 55.3 Å². The second kappa shape index (κ2) is 6.73. The molecule has 1 aromatic carbocycles. The normalized spacial score (nSPS) is 11.4. The van der Waals surface area contributed by atoms with Crippen LogP contribution >= 0.6 is 23.2 Å². The van der Waals surface area contributed by atoms with Crippen LogP contribution in [0.25, 0.3) is 22.2 Å². The van der Waals surface area contributed by atoms with E-state index in [4.69, 9.17) is 23.2 Å². The highest BCUT2D eigenvalue weighted by atomic mass is 35.5. The van der Waals surface area contributed by atoms with Crippen LogP contribution in [0.5, 0.6) is 0 Å². The van der Waals surface area contributed by atoms with Gasteiger partial charge in [-0.2, -0.15) is 0 Å². The molecule has 0 unspecified atom stereocenters. The van der Waals surface area contributed by atoms with Gasteiger partial charge in [0.05, 0.1) is 21.6 Å². The van der Waals surface area contributed by atoms with Crippen molar-refractivity contribution in [1.29, 1.82) is 0 Å². The third-order valence-electron chi connectivity index (χ3n) is 4.45. The summed E-state index contributed by atoms with van der Waals surface area (Å²) in [4.78, 5) is 25.1. The van der Waals surface area contributed by atoms with Crippen LogP contribution in [0.1, 0.15) is 19.8 Å². The zero-order chi connectivity index (χ0) is 18.3. The minimum Gasteiger partial charge on any atom is -0.345 e. The maximum atomic E-state index is 12.8. The number of rotatable bonds is 4. The van der Waals surface area contributed by atoms with Gasteiger partial charge < -0.3 is 4.57 Å². The number of nitrogens with zero attached hydrogens (tertiary/aromatic N) is 3. The molecule has 0 aliphatic carbocycles. The quantitative estimate of drug-likeness (QED) is 0.691. The first kappa shape index (κ1) is 17.8. The van der Waals surface area contributed by atoms with E-state index in [1.807, 2.05) is 16.8 Å². The monoisotopic (exact) mass is 379 g/mol. The van der Waals surface area contributed by atoms with Crippen molar-refractivity contribution in [3.8, 4) is 11.3 Å². The van der Waals surface area contributed by atoms with E-state index < -0.39 is 0 Å². The second-order valence-corrected chi connectivity index (χ2v) is 6.96. The molecular weight excluding hydrogens is 361 g/mol. The topological polar surface area (TPSA) is 48.9 Å². The summed E-state index contributed by atoms with van der Waals surface area (Å²) in [5.74, 6) is 0. The standard InChI is InChI=1S/C18H19Cl2N3O2/c1-4-5-8-23-10-14-15(17(24)22(3)18(25)21(14)2)16(23)12-7-6-11(19)9-13(12)20/h6-7,9-10H,4-5,8H2,1-3H3. The number of halogens is 2. The van der Waals surface area contributed by atoms with Gasteiger partial charge >= 0.3 is 5.69 Å². The fourth-order valence-electron chi connectivity index (χ4n) is 3.07. The Balaban J connectivity index is 2.46. The van der Waals surface area contributed by atoms with E-state index >= 15 is 0 Å². The fraction of sp³-hybridized carbons (Fsp3) is 0.333. The van der Waals surface area contributed by atoms with Gasteiger partial charge in [-0.3, -0.25) is 13.9 Å². The molecule has 5 nitrogen and oxygen atoms in total. The summed E-state index contributed by atoms with van der Waals surface area (Å²) in [6.45, 7) is 2.84. The molecule has 0 bridgehead atoms. The Bertz CT molecular complexity index is 1080. The summed E-state index contributed by atoms with van der Waals surface area (Å²) in [7, 11) is 3.16. The van der Waals surface area contributed by atoms with Crippen molar-refractivity contribution in [2.24, 2.45) is 14.1 Å². The van der Waals surface area contributed by atoms with Crippen LogP contribution in [0, 0.1) is 0 Å². The third kappa shape index (κ3) is 2.92. The number of aromatic nitrogens is 3. The first-order valence-electron chi connectivity index (χ1n) is 8.11. The van der Waals surface area contributed by atoms with Crippen LogP contribution in [0.4, 0.5) is 0 Å². The van der Waals surface area contributed by atoms with E-state index in [1.54, 1.807) is 19.2 Å². The maximum Gasteiger partial charge on any atom is 0.330 e. The van der Waals surface area contributed by atoms with E-state index in [-0.39, 0.29) is 11.2 Å². The summed E-state index contributed by atoms with van der Waals surface area (Å²) in [5.41, 5.74) is 1.38. The van der Waals surface area contributed by atoms with Crippen molar-refractivity contribution in [2.45, 2.75) is 26.3 Å². The lowest BCUT2D eigenvalue weighted by molar-refractivity contribution is 0.640. The van der Waals surface area contributed by atoms with E-state index in [2.05, 4.69) is 6.92 Å². The molecule has 0 aliphatic heterocycles. The van der Waals surface area contributed by atoms with E-state index in [0.717, 1.165) is 35.2 Å². The van der Waals surface area contributed by atoms with Gasteiger partial charge in [0.2, 0.25) is 0 Å². The number of unbranched alkanes of at least 4 members (excludes halogenated alkanes) is 1. The summed E-state index contributed by atoms with van der Waals surface area (Å²) in [6, 6.07) is 5.22. The molecule has 0 saturated carbocycles. The maximum absolute atomic E-state index is 12.8. The van der Waals surface area contributed by atoms with Crippen molar-refractivity contribution in [3.63, 3.8) is 0 Å². The van der Waals surface area contributed by atoms with Gasteiger partial charge in [-0.1, -0.05) is 36.5 Å². The zero-order valence-electron chi connectivity index (χ0n) is 14.3. The first-order chi connectivity index (χ1) is 11.9. The molecule has 0 saturated heterocycles. The molecule has 2 heterocycles. The minimum atomic E-state index is -0.348. The molecule has 0 fully saturated rings. The highest BCUT2D eigenvalue weighted by molar-refractivity contribution is 6.36. The molecule has 132 valence electrons. The molecule has 7 heteroatoms. The Labute approximate surface area is 155 Å². The Hall–Kier alpha value is -1.98. The van der Waals surface area contributed by atoms with Gasteiger partial charge in [0.1, 0.15) is 0 Å². The molecule has 0 atom stereocenters. The Morgan fingerprint density at radius 1 is 1.08 bits per heavy atom. The van der Waals surface area contributed by atoms with Crippen LogP contribution in [0.2, 0.25) is 10.0 Å². The number of hydrogen-bond donors (Lipinski definition) is 0. The number of fused-ring (bicyclic) bond motifs is 1. The molecule has 3 rings (SSSR count). The lowest BCUT2D eigenvalue weighted by Gasteiger charge is -2.11. The lowest BCUT2D eigenvalue weighted by atomic mass is 10.1. The van der Waals surface area contributed by atoms with Crippen LogP contribution in [0.15, 0.2) is 34.0 Å². The van der Waals surface area contributed by atoms with Gasteiger partial charge in [0.15, 0.2) is 0 Å². The van der Waals surface area contributed by atoms with E-state index in [0.29, 0.717) is 20.9 Å². The third-order valence-corrected chi connectivity index (χ3v) is 5.00. The van der Waals surface area contributed by atoms with Crippen molar-refractivity contribution < 1.29 is 0 Å². The second-order valence-electron chi connectivity index (χ2n) is 6.11. The number of aryl methyl sites for hydroxylation is 2. The van der Waals surface area contributed by atoms with E-state index in [1.165, 1.54) is 11.6 Å². The predicted molar refractivity (Wildman–Crippen MR) is 103 cm³/mol. The molecule has 0 aliphatic rings. The van der Waals surface area contributed by atoms with Gasteiger partial charge in [-0.05, 0) is 24.6 Å². The molecule has 25 heavy (non-hydrogen) atoms. The van der Waals surface area contributed by atoms with Gasteiger partial charge in [-0.15, -0.1) is 0 Å². The molecule has 3 aromatic rings. The minimum absolute atomic E-state index is 0.325. The van der Waals surface area contributed by atoms with Crippen molar-refractivity contribution in [1.82, 2.24) is 13.7 Å². The first-order valence-corrected chi connectivity index (χ1v) is 8.86. The molecule has 2 aromatic heterocycles. The number of hydrogen-bond acceptors (Lipinski definition) is 2. The van der Waals surface area contributed by atoms with Gasteiger partial charge in [-0.25, -0.2) is 4.79 Å². The van der Waals surface area contributed by atoms with Gasteiger partial charge in [0.25, 0.3) is 5.56 Å². The van der Waals surface area contributed by atoms with Crippen molar-refractivity contribution >= 4 is 34.1 Å². The Morgan fingerprint density at radius 3 is 2.44 bits per heavy atom. The summed E-state index contributed by atoms with van der Waals surface area (Å²) < 4.78 is 4.62. The molecule has 0 amide bonds. The molecular formula is C18H19Cl2N3O2. The van der Waals surface area contributed by atoms with E-state index in [9.17, 15) is 9.59 Å².